The summed E-state index contributed by atoms with van der Waals surface area (Å²) in [5.41, 5.74) is 1.35. The minimum atomic E-state index is 0.363. The van der Waals surface area contributed by atoms with E-state index in [4.69, 9.17) is 0 Å². The van der Waals surface area contributed by atoms with Gasteiger partial charge >= 0.3 is 134 Å². The van der Waals surface area contributed by atoms with Gasteiger partial charge in [-0.05, 0) is 0 Å². The Morgan fingerprint density at radius 3 is 2.06 bits per heavy atom. The van der Waals surface area contributed by atoms with E-state index in [1.54, 1.807) is 0 Å². The first-order chi connectivity index (χ1) is 8.81. The van der Waals surface area contributed by atoms with E-state index in [0.717, 1.165) is 0 Å². The first kappa shape index (κ1) is 14.2. The fourth-order valence-corrected chi connectivity index (χ4v) is 5.24. The summed E-state index contributed by atoms with van der Waals surface area (Å²) in [6.45, 7) is 0. The molecule has 18 heavy (non-hydrogen) atoms. The van der Waals surface area contributed by atoms with Crippen LogP contribution in [0, 0.1) is 0 Å². The number of halogens is 1. The van der Waals surface area contributed by atoms with E-state index < -0.39 is 0 Å². The van der Waals surface area contributed by atoms with E-state index in [1.807, 2.05) is 11.8 Å². The van der Waals surface area contributed by atoms with Crippen molar-refractivity contribution in [3.05, 3.63) is 69.1 Å². The molecule has 3 heteroatoms. The Morgan fingerprint density at radius 2 is 1.50 bits per heavy atom. The first-order valence-electron chi connectivity index (χ1n) is 5.53. The summed E-state index contributed by atoms with van der Waals surface area (Å²) in [5.74, 6) is 0. The molecule has 0 aromatic heterocycles. The second-order valence-corrected chi connectivity index (χ2v) is 8.49. The van der Waals surface area contributed by atoms with Gasteiger partial charge in [0.25, 0.3) is 0 Å². The van der Waals surface area contributed by atoms with Crippen molar-refractivity contribution in [2.24, 2.45) is 0 Å². The van der Waals surface area contributed by atoms with E-state index in [1.165, 1.54) is 17.4 Å². The summed E-state index contributed by atoms with van der Waals surface area (Å²) < 4.78 is 4.29. The zero-order valence-electron chi connectivity index (χ0n) is 9.97. The van der Waals surface area contributed by atoms with Crippen LogP contribution in [-0.4, -0.2) is 21.2 Å². The quantitative estimate of drug-likeness (QED) is 0.518. The van der Waals surface area contributed by atoms with Gasteiger partial charge in [-0.25, -0.2) is 0 Å². The van der Waals surface area contributed by atoms with Crippen molar-refractivity contribution in [1.29, 1.82) is 0 Å². The van der Waals surface area contributed by atoms with Crippen molar-refractivity contribution < 1.29 is 0 Å². The monoisotopic (exact) mass is 432 g/mol. The van der Waals surface area contributed by atoms with Gasteiger partial charge in [-0.3, -0.25) is 0 Å². The summed E-state index contributed by atoms with van der Waals surface area (Å²) in [4.78, 5) is 0. The van der Waals surface area contributed by atoms with Crippen LogP contribution in [0.25, 0.3) is 4.47 Å². The molecule has 92 valence electrons. The molecule has 2 aromatic rings. The van der Waals surface area contributed by atoms with Crippen LogP contribution in [0.5, 0.6) is 0 Å². The zero-order chi connectivity index (χ0) is 12.8. The summed E-state index contributed by atoms with van der Waals surface area (Å²) in [6.07, 6.45) is 2.14. The van der Waals surface area contributed by atoms with Crippen LogP contribution in [0.15, 0.2) is 63.6 Å². The van der Waals surface area contributed by atoms with Gasteiger partial charge in [-0.1, -0.05) is 0 Å². The van der Waals surface area contributed by atoms with Gasteiger partial charge in [0.05, 0.1) is 0 Å². The molecule has 0 saturated carbocycles. The van der Waals surface area contributed by atoms with Crippen LogP contribution >= 0.6 is 34.4 Å². The van der Waals surface area contributed by atoms with Gasteiger partial charge < -0.3 is 0 Å². The molecule has 2 aromatic carbocycles. The molecule has 0 bridgehead atoms. The van der Waals surface area contributed by atoms with E-state index in [0.29, 0.717) is 15.0 Å². The molecule has 0 nitrogen and oxygen atoms in total. The number of benzene rings is 2. The maximum atomic E-state index is 2.46. The predicted molar refractivity (Wildman–Crippen MR) is 92.7 cm³/mol. The first-order valence-corrected chi connectivity index (χ1v) is 9.55. The molecule has 0 unspecified atom stereocenters. The van der Waals surface area contributed by atoms with Gasteiger partial charge in [0, 0.05) is 0 Å². The third-order valence-electron chi connectivity index (χ3n) is 2.36. The maximum absolute atomic E-state index is 2.46. The van der Waals surface area contributed by atoms with Gasteiger partial charge in [0.15, 0.2) is 0 Å². The van der Waals surface area contributed by atoms with Crippen molar-refractivity contribution >= 4 is 58.2 Å². The molecule has 0 fully saturated rings. The predicted octanol–water partition coefficient (Wildman–Crippen LogP) is 4.14. The van der Waals surface area contributed by atoms with E-state index in [-0.39, 0.29) is 0 Å². The van der Waals surface area contributed by atoms with Gasteiger partial charge in [0.1, 0.15) is 0 Å². The number of rotatable bonds is 4. The number of hydrogen-bond donors (Lipinski definition) is 0. The average Bonchev–Trinajstić information content (AvgIpc) is 2.46. The molecular weight excluding hydrogens is 418 g/mol. The van der Waals surface area contributed by atoms with Crippen molar-refractivity contribution in [2.45, 2.75) is 0 Å². The minimum absolute atomic E-state index is 0.363. The molecule has 0 amide bonds. The van der Waals surface area contributed by atoms with Crippen LogP contribution in [0.3, 0.4) is 0 Å². The van der Waals surface area contributed by atoms with Crippen LogP contribution in [0.4, 0.5) is 0 Å². The van der Waals surface area contributed by atoms with Crippen molar-refractivity contribution in [2.75, 3.05) is 6.26 Å². The van der Waals surface area contributed by atoms with Crippen molar-refractivity contribution in [3.63, 3.8) is 0 Å². The Hall–Kier alpha value is -0.221. The number of thioether (sulfide) groups is 1. The summed E-state index contributed by atoms with van der Waals surface area (Å²) in [6, 6.07) is 21.4. The molecule has 0 spiro atoms. The standard InChI is InChI=1S/C15H13ISSe/c1-17-15(16)14(12-8-4-2-5-9-12)18-13-10-6-3-7-11-13/h2-11H,1H3/b15-14-. The fourth-order valence-electron chi connectivity index (χ4n) is 1.50. The third-order valence-corrected chi connectivity index (χ3v) is 8.31. The molecule has 0 N–H and O–H groups in total. The molecule has 0 atom stereocenters. The van der Waals surface area contributed by atoms with Crippen molar-refractivity contribution in [3.8, 4) is 0 Å². The van der Waals surface area contributed by atoms with Gasteiger partial charge in [-0.15, -0.1) is 0 Å². The Kier molecular flexibility index (Phi) is 5.83. The Labute approximate surface area is 133 Å². The van der Waals surface area contributed by atoms with Gasteiger partial charge in [-0.2, -0.15) is 0 Å². The average molecular weight is 431 g/mol. The number of hydrogen-bond acceptors (Lipinski definition) is 1. The molecule has 0 aliphatic carbocycles. The Bertz CT molecular complexity index is 523. The van der Waals surface area contributed by atoms with Crippen LogP contribution in [0.2, 0.25) is 0 Å². The van der Waals surface area contributed by atoms with Crippen molar-refractivity contribution in [1.82, 2.24) is 0 Å². The second-order valence-electron chi connectivity index (χ2n) is 3.59. The van der Waals surface area contributed by atoms with Crippen LogP contribution in [-0.2, 0) is 0 Å². The molecular formula is C15H13ISSe. The summed E-state index contributed by atoms with van der Waals surface area (Å²) in [7, 11) is 0. The summed E-state index contributed by atoms with van der Waals surface area (Å²) >= 11 is 4.65. The van der Waals surface area contributed by atoms with Gasteiger partial charge in [0.2, 0.25) is 0 Å². The third kappa shape index (κ3) is 3.89. The topological polar surface area (TPSA) is 0 Å². The molecule has 0 radical (unpaired) electrons. The van der Waals surface area contributed by atoms with E-state index in [2.05, 4.69) is 89.5 Å². The summed E-state index contributed by atoms with van der Waals surface area (Å²) in [5, 5.41) is 0. The second kappa shape index (κ2) is 7.39. The fraction of sp³-hybridized carbons (Fsp3) is 0.0667. The SMILES string of the molecule is CS/C(I)=C(\[Se]c1ccccc1)c1ccccc1. The zero-order valence-corrected chi connectivity index (χ0v) is 14.7. The molecule has 2 rings (SSSR count). The van der Waals surface area contributed by atoms with Crippen LogP contribution < -0.4 is 4.46 Å². The molecule has 0 heterocycles. The molecule has 0 aliphatic rings. The van der Waals surface area contributed by atoms with E-state index in [9.17, 15) is 0 Å². The van der Waals surface area contributed by atoms with Crippen LogP contribution in [0.1, 0.15) is 5.56 Å². The Balaban J connectivity index is 2.34. The molecule has 0 saturated heterocycles. The normalized spacial score (nSPS) is 12.1. The van der Waals surface area contributed by atoms with E-state index >= 15 is 0 Å². The molecule has 0 aliphatic heterocycles. The Morgan fingerprint density at radius 1 is 0.944 bits per heavy atom.